The van der Waals surface area contributed by atoms with Crippen molar-refractivity contribution in [1.29, 1.82) is 0 Å². The van der Waals surface area contributed by atoms with E-state index in [9.17, 15) is 9.59 Å². The number of carbonyl (C=O) groups is 2. The second-order valence-electron chi connectivity index (χ2n) is 6.66. The molecule has 1 aromatic rings. The van der Waals surface area contributed by atoms with Crippen LogP contribution in [-0.4, -0.2) is 24.4 Å². The number of amides is 2. The molecule has 2 unspecified atom stereocenters. The van der Waals surface area contributed by atoms with Crippen LogP contribution in [0.5, 0.6) is 0 Å². The molecule has 2 amide bonds. The Morgan fingerprint density at radius 3 is 2.50 bits per heavy atom. The number of hydrogen-bond donors (Lipinski definition) is 2. The lowest BCUT2D eigenvalue weighted by Gasteiger charge is -2.28. The Morgan fingerprint density at radius 2 is 1.88 bits per heavy atom. The molecule has 2 fully saturated rings. The van der Waals surface area contributed by atoms with Crippen LogP contribution in [0, 0.1) is 5.92 Å². The molecule has 1 aliphatic heterocycles. The lowest BCUT2D eigenvalue weighted by Crippen LogP contribution is -2.35. The summed E-state index contributed by atoms with van der Waals surface area (Å²) in [5, 5.41) is 2.94. The number of halogens is 1. The van der Waals surface area contributed by atoms with Gasteiger partial charge in [-0.15, -0.1) is 12.4 Å². The highest BCUT2D eigenvalue weighted by Crippen LogP contribution is 2.27. The number of nitrogens with zero attached hydrogens (tertiary/aromatic N) is 1. The molecule has 2 aliphatic rings. The van der Waals surface area contributed by atoms with Gasteiger partial charge in [0, 0.05) is 36.8 Å². The van der Waals surface area contributed by atoms with Crippen molar-refractivity contribution in [2.24, 2.45) is 11.7 Å². The van der Waals surface area contributed by atoms with Crippen molar-refractivity contribution < 1.29 is 9.59 Å². The molecule has 132 valence electrons. The zero-order valence-electron chi connectivity index (χ0n) is 13.9. The molecule has 3 N–H and O–H groups in total. The Hall–Kier alpha value is -1.59. The lowest BCUT2D eigenvalue weighted by atomic mass is 9.83. The van der Waals surface area contributed by atoms with E-state index in [-0.39, 0.29) is 30.3 Å². The van der Waals surface area contributed by atoms with Crippen molar-refractivity contribution in [3.05, 3.63) is 24.3 Å². The average Bonchev–Trinajstić information content (AvgIpc) is 2.96. The molecule has 1 saturated carbocycles. The van der Waals surface area contributed by atoms with Gasteiger partial charge in [0.25, 0.3) is 0 Å². The molecule has 0 bridgehead atoms. The van der Waals surface area contributed by atoms with E-state index in [1.807, 2.05) is 24.3 Å². The monoisotopic (exact) mass is 351 g/mol. The highest BCUT2D eigenvalue weighted by atomic mass is 35.5. The highest BCUT2D eigenvalue weighted by Gasteiger charge is 2.24. The maximum absolute atomic E-state index is 12.2. The van der Waals surface area contributed by atoms with Crippen LogP contribution in [0.25, 0.3) is 0 Å². The average molecular weight is 352 g/mol. The van der Waals surface area contributed by atoms with E-state index in [1.54, 1.807) is 4.90 Å². The Kier molecular flexibility index (Phi) is 6.63. The number of rotatable bonds is 4. The number of benzene rings is 1. The van der Waals surface area contributed by atoms with Crippen molar-refractivity contribution in [2.75, 3.05) is 16.8 Å². The van der Waals surface area contributed by atoms with Crippen molar-refractivity contribution >= 4 is 35.6 Å². The minimum Gasteiger partial charge on any atom is -0.327 e. The summed E-state index contributed by atoms with van der Waals surface area (Å²) >= 11 is 0. The third-order valence-corrected chi connectivity index (χ3v) is 4.95. The molecular weight excluding hydrogens is 326 g/mol. The van der Waals surface area contributed by atoms with Gasteiger partial charge in [-0.25, -0.2) is 0 Å². The van der Waals surface area contributed by atoms with Gasteiger partial charge < -0.3 is 16.0 Å². The summed E-state index contributed by atoms with van der Waals surface area (Å²) in [4.78, 5) is 25.7. The van der Waals surface area contributed by atoms with Crippen molar-refractivity contribution in [3.63, 3.8) is 0 Å². The van der Waals surface area contributed by atoms with Gasteiger partial charge in [-0.2, -0.15) is 0 Å². The van der Waals surface area contributed by atoms with E-state index < -0.39 is 0 Å². The minimum absolute atomic E-state index is 0. The molecular formula is C18H26ClN3O2. The van der Waals surface area contributed by atoms with Crippen LogP contribution < -0.4 is 16.0 Å². The van der Waals surface area contributed by atoms with Crippen LogP contribution in [0.3, 0.4) is 0 Å². The molecule has 6 heteroatoms. The normalized spacial score (nSPS) is 23.7. The molecule has 3 rings (SSSR count). The summed E-state index contributed by atoms with van der Waals surface area (Å²) in [7, 11) is 0. The van der Waals surface area contributed by atoms with Crippen LogP contribution in [0.4, 0.5) is 11.4 Å². The fourth-order valence-electron chi connectivity index (χ4n) is 3.59. The van der Waals surface area contributed by atoms with Crippen molar-refractivity contribution in [2.45, 2.75) is 51.0 Å². The summed E-state index contributed by atoms with van der Waals surface area (Å²) in [6.07, 6.45) is 6.45. The fraction of sp³-hybridized carbons (Fsp3) is 0.556. The molecule has 0 spiro atoms. The molecule has 0 aromatic heterocycles. The summed E-state index contributed by atoms with van der Waals surface area (Å²) in [6.45, 7) is 0.782. The van der Waals surface area contributed by atoms with Gasteiger partial charge in [-0.1, -0.05) is 12.8 Å². The summed E-state index contributed by atoms with van der Waals surface area (Å²) in [6, 6.07) is 7.66. The molecule has 24 heavy (non-hydrogen) atoms. The highest BCUT2D eigenvalue weighted by molar-refractivity contribution is 5.96. The molecule has 2 atom stereocenters. The summed E-state index contributed by atoms with van der Waals surface area (Å²) in [5.74, 6) is 0.496. The molecule has 1 aliphatic carbocycles. The number of nitrogens with two attached hydrogens (primary N) is 1. The van der Waals surface area contributed by atoms with Gasteiger partial charge in [-0.3, -0.25) is 9.59 Å². The van der Waals surface area contributed by atoms with Crippen LogP contribution >= 0.6 is 12.4 Å². The zero-order valence-corrected chi connectivity index (χ0v) is 14.7. The Balaban J connectivity index is 0.00000208. The molecule has 1 heterocycles. The first-order chi connectivity index (χ1) is 11.1. The molecule has 5 nitrogen and oxygen atoms in total. The maximum atomic E-state index is 12.2. The Bertz CT molecular complexity index is 576. The molecule has 1 aromatic carbocycles. The summed E-state index contributed by atoms with van der Waals surface area (Å²) < 4.78 is 0. The smallest absolute Gasteiger partial charge is 0.227 e. The Morgan fingerprint density at radius 1 is 1.17 bits per heavy atom. The van der Waals surface area contributed by atoms with E-state index in [1.165, 1.54) is 12.8 Å². The third-order valence-electron chi connectivity index (χ3n) is 4.95. The topological polar surface area (TPSA) is 75.4 Å². The second kappa shape index (κ2) is 8.49. The first-order valence-electron chi connectivity index (χ1n) is 8.59. The van der Waals surface area contributed by atoms with Crippen molar-refractivity contribution in [1.82, 2.24) is 0 Å². The molecule has 0 radical (unpaired) electrons. The number of anilines is 2. The molecule has 1 saturated heterocycles. The van der Waals surface area contributed by atoms with Gasteiger partial charge >= 0.3 is 0 Å². The van der Waals surface area contributed by atoms with Crippen LogP contribution in [-0.2, 0) is 9.59 Å². The zero-order chi connectivity index (χ0) is 16.2. The number of carbonyl (C=O) groups excluding carboxylic acids is 2. The predicted octanol–water partition coefficient (Wildman–Crippen LogP) is 3.08. The van der Waals surface area contributed by atoms with Crippen LogP contribution in [0.1, 0.15) is 44.9 Å². The fourth-order valence-corrected chi connectivity index (χ4v) is 3.59. The van der Waals surface area contributed by atoms with Gasteiger partial charge in [0.15, 0.2) is 0 Å². The van der Waals surface area contributed by atoms with Gasteiger partial charge in [0.2, 0.25) is 11.8 Å². The quantitative estimate of drug-likeness (QED) is 0.875. The van der Waals surface area contributed by atoms with E-state index in [0.717, 1.165) is 37.2 Å². The first kappa shape index (κ1) is 18.7. The van der Waals surface area contributed by atoms with E-state index >= 15 is 0 Å². The van der Waals surface area contributed by atoms with E-state index in [4.69, 9.17) is 5.73 Å². The van der Waals surface area contributed by atoms with Gasteiger partial charge in [0.05, 0.1) is 0 Å². The van der Waals surface area contributed by atoms with Crippen LogP contribution in [0.15, 0.2) is 24.3 Å². The third kappa shape index (κ3) is 4.48. The van der Waals surface area contributed by atoms with Gasteiger partial charge in [-0.05, 0) is 49.4 Å². The van der Waals surface area contributed by atoms with E-state index in [2.05, 4.69) is 5.32 Å². The predicted molar refractivity (Wildman–Crippen MR) is 98.5 cm³/mol. The number of hydrogen-bond acceptors (Lipinski definition) is 3. The lowest BCUT2D eigenvalue weighted by molar-refractivity contribution is -0.118. The summed E-state index contributed by atoms with van der Waals surface area (Å²) in [5.41, 5.74) is 7.78. The second-order valence-corrected chi connectivity index (χ2v) is 6.66. The maximum Gasteiger partial charge on any atom is 0.227 e. The SMILES string of the molecule is Cl.NC1CCCCC1CC(=O)Nc1ccc(N2CCCC2=O)cc1. The Labute approximate surface area is 149 Å². The standard InChI is InChI=1S/C18H25N3O2.ClH/c19-16-5-2-1-4-13(16)12-17(22)20-14-7-9-15(10-8-14)21-11-3-6-18(21)23;/h7-10,13,16H,1-6,11-12,19H2,(H,20,22);1H. The minimum atomic E-state index is 0. The largest absolute Gasteiger partial charge is 0.327 e. The van der Waals surface area contributed by atoms with E-state index in [0.29, 0.717) is 18.8 Å². The first-order valence-corrected chi connectivity index (χ1v) is 8.59. The van der Waals surface area contributed by atoms with Crippen molar-refractivity contribution in [3.8, 4) is 0 Å². The van der Waals surface area contributed by atoms with Gasteiger partial charge in [0.1, 0.15) is 0 Å². The number of nitrogens with one attached hydrogen (secondary N) is 1. The van der Waals surface area contributed by atoms with Crippen LogP contribution in [0.2, 0.25) is 0 Å².